The predicted molar refractivity (Wildman–Crippen MR) is 83.9 cm³/mol. The van der Waals surface area contributed by atoms with Crippen molar-refractivity contribution >= 4 is 11.8 Å². The van der Waals surface area contributed by atoms with Crippen LogP contribution in [-0.4, -0.2) is 27.1 Å². The van der Waals surface area contributed by atoms with Crippen molar-refractivity contribution in [3.05, 3.63) is 41.7 Å². The van der Waals surface area contributed by atoms with Gasteiger partial charge in [0, 0.05) is 18.3 Å². The molecule has 1 heterocycles. The van der Waals surface area contributed by atoms with Crippen LogP contribution in [0.4, 0.5) is 0 Å². The summed E-state index contributed by atoms with van der Waals surface area (Å²) in [5.74, 6) is 0. The van der Waals surface area contributed by atoms with Crippen molar-refractivity contribution in [2.75, 3.05) is 7.05 Å². The standard InChI is InChI=1S/C15H22N4S/c1-5-12-6-8-13(9-7-12)14(16-3)11(2)20-15-17-10-18-19(15)4/h6-11,14,16H,5H2,1-4H3. The van der Waals surface area contributed by atoms with Crippen molar-refractivity contribution in [1.82, 2.24) is 20.1 Å². The van der Waals surface area contributed by atoms with Crippen LogP contribution in [0.2, 0.25) is 0 Å². The van der Waals surface area contributed by atoms with Crippen LogP contribution in [0.5, 0.6) is 0 Å². The van der Waals surface area contributed by atoms with Gasteiger partial charge < -0.3 is 5.32 Å². The molecule has 0 amide bonds. The zero-order valence-electron chi connectivity index (χ0n) is 12.5. The molecule has 1 aromatic carbocycles. The molecule has 1 aromatic heterocycles. The summed E-state index contributed by atoms with van der Waals surface area (Å²) in [7, 11) is 3.93. The molecule has 20 heavy (non-hydrogen) atoms. The molecule has 2 rings (SSSR count). The van der Waals surface area contributed by atoms with E-state index in [1.54, 1.807) is 18.1 Å². The first-order valence-corrected chi connectivity index (χ1v) is 7.80. The maximum atomic E-state index is 4.28. The van der Waals surface area contributed by atoms with Gasteiger partial charge in [0.1, 0.15) is 6.33 Å². The van der Waals surface area contributed by atoms with Gasteiger partial charge in [0.2, 0.25) is 0 Å². The number of hydrogen-bond acceptors (Lipinski definition) is 4. The number of aromatic nitrogens is 3. The average Bonchev–Trinajstić information content (AvgIpc) is 2.86. The summed E-state index contributed by atoms with van der Waals surface area (Å²) < 4.78 is 1.81. The van der Waals surface area contributed by atoms with E-state index in [9.17, 15) is 0 Å². The lowest BCUT2D eigenvalue weighted by Crippen LogP contribution is -2.25. The number of nitrogens with zero attached hydrogens (tertiary/aromatic N) is 3. The Morgan fingerprint density at radius 3 is 2.50 bits per heavy atom. The molecule has 1 N–H and O–H groups in total. The van der Waals surface area contributed by atoms with Crippen molar-refractivity contribution in [3.63, 3.8) is 0 Å². The minimum absolute atomic E-state index is 0.294. The highest BCUT2D eigenvalue weighted by atomic mass is 32.2. The molecular weight excluding hydrogens is 268 g/mol. The monoisotopic (exact) mass is 290 g/mol. The second-order valence-electron chi connectivity index (χ2n) is 4.85. The van der Waals surface area contributed by atoms with Crippen LogP contribution in [0, 0.1) is 0 Å². The molecule has 0 bridgehead atoms. The van der Waals surface area contributed by atoms with Gasteiger partial charge >= 0.3 is 0 Å². The quantitative estimate of drug-likeness (QED) is 0.831. The van der Waals surface area contributed by atoms with Gasteiger partial charge in [0.25, 0.3) is 0 Å². The third kappa shape index (κ3) is 3.41. The van der Waals surface area contributed by atoms with Gasteiger partial charge in [-0.05, 0) is 24.6 Å². The van der Waals surface area contributed by atoms with E-state index in [1.165, 1.54) is 11.1 Å². The number of aryl methyl sites for hydroxylation is 2. The first-order chi connectivity index (χ1) is 9.65. The fraction of sp³-hybridized carbons (Fsp3) is 0.467. The molecule has 108 valence electrons. The van der Waals surface area contributed by atoms with Gasteiger partial charge in [-0.3, -0.25) is 0 Å². The fourth-order valence-corrected chi connectivity index (χ4v) is 3.33. The Balaban J connectivity index is 2.12. The number of thioether (sulfide) groups is 1. The highest BCUT2D eigenvalue weighted by Crippen LogP contribution is 2.30. The molecule has 0 saturated heterocycles. The van der Waals surface area contributed by atoms with Crippen LogP contribution in [0.15, 0.2) is 35.7 Å². The van der Waals surface area contributed by atoms with Crippen molar-refractivity contribution in [1.29, 1.82) is 0 Å². The van der Waals surface area contributed by atoms with Crippen molar-refractivity contribution in [3.8, 4) is 0 Å². The minimum Gasteiger partial charge on any atom is -0.312 e. The zero-order chi connectivity index (χ0) is 14.5. The third-order valence-electron chi connectivity index (χ3n) is 3.49. The lowest BCUT2D eigenvalue weighted by Gasteiger charge is -2.23. The maximum Gasteiger partial charge on any atom is 0.186 e. The molecule has 4 nitrogen and oxygen atoms in total. The van der Waals surface area contributed by atoms with Gasteiger partial charge in [0.15, 0.2) is 5.16 Å². The summed E-state index contributed by atoms with van der Waals surface area (Å²) >= 11 is 1.74. The second-order valence-corrected chi connectivity index (χ2v) is 6.20. The van der Waals surface area contributed by atoms with Crippen LogP contribution in [0.25, 0.3) is 0 Å². The Morgan fingerprint density at radius 1 is 1.30 bits per heavy atom. The zero-order valence-corrected chi connectivity index (χ0v) is 13.3. The summed E-state index contributed by atoms with van der Waals surface area (Å²) in [6.45, 7) is 4.39. The summed E-state index contributed by atoms with van der Waals surface area (Å²) in [5, 5.41) is 8.84. The van der Waals surface area contributed by atoms with E-state index in [-0.39, 0.29) is 0 Å². The number of rotatable bonds is 6. The lowest BCUT2D eigenvalue weighted by atomic mass is 10.0. The van der Waals surface area contributed by atoms with Gasteiger partial charge in [-0.2, -0.15) is 5.10 Å². The molecular formula is C15H22N4S. The van der Waals surface area contributed by atoms with E-state index in [2.05, 4.69) is 53.5 Å². The van der Waals surface area contributed by atoms with E-state index < -0.39 is 0 Å². The summed E-state index contributed by atoms with van der Waals surface area (Å²) in [5.41, 5.74) is 2.68. The van der Waals surface area contributed by atoms with Crippen molar-refractivity contribution < 1.29 is 0 Å². The second kappa shape index (κ2) is 6.90. The fourth-order valence-electron chi connectivity index (χ4n) is 2.26. The summed E-state index contributed by atoms with van der Waals surface area (Å²) in [6.07, 6.45) is 2.67. The van der Waals surface area contributed by atoms with Crippen LogP contribution >= 0.6 is 11.8 Å². The molecule has 5 heteroatoms. The molecule has 0 aliphatic rings. The molecule has 2 aromatic rings. The SMILES string of the molecule is CCc1ccc(C(NC)C(C)Sc2ncnn2C)cc1. The largest absolute Gasteiger partial charge is 0.312 e. The molecule has 2 unspecified atom stereocenters. The highest BCUT2D eigenvalue weighted by molar-refractivity contribution is 7.99. The van der Waals surface area contributed by atoms with E-state index >= 15 is 0 Å². The number of hydrogen-bond donors (Lipinski definition) is 1. The lowest BCUT2D eigenvalue weighted by molar-refractivity contribution is 0.585. The Kier molecular flexibility index (Phi) is 5.20. The van der Waals surface area contributed by atoms with E-state index in [4.69, 9.17) is 0 Å². The summed E-state index contributed by atoms with van der Waals surface area (Å²) in [4.78, 5) is 4.28. The molecule has 0 saturated carbocycles. The van der Waals surface area contributed by atoms with Crippen LogP contribution in [0.3, 0.4) is 0 Å². The first-order valence-electron chi connectivity index (χ1n) is 6.92. The smallest absolute Gasteiger partial charge is 0.186 e. The van der Waals surface area contributed by atoms with Gasteiger partial charge in [0.05, 0.1) is 0 Å². The summed E-state index contributed by atoms with van der Waals surface area (Å²) in [6, 6.07) is 9.14. The van der Waals surface area contributed by atoms with Crippen LogP contribution < -0.4 is 5.32 Å². The Hall–Kier alpha value is -1.33. The van der Waals surface area contributed by atoms with Gasteiger partial charge in [-0.25, -0.2) is 9.67 Å². The maximum absolute atomic E-state index is 4.28. The van der Waals surface area contributed by atoms with E-state index in [0.29, 0.717) is 11.3 Å². The molecule has 0 fully saturated rings. The number of benzene rings is 1. The van der Waals surface area contributed by atoms with Crippen molar-refractivity contribution in [2.45, 2.75) is 36.7 Å². The molecule has 0 aliphatic carbocycles. The minimum atomic E-state index is 0.294. The van der Waals surface area contributed by atoms with E-state index in [0.717, 1.165) is 11.6 Å². The van der Waals surface area contributed by atoms with Crippen LogP contribution in [-0.2, 0) is 13.5 Å². The Labute approximate surface area is 125 Å². The molecule has 0 radical (unpaired) electrons. The Bertz CT molecular complexity index is 535. The first kappa shape index (κ1) is 15.1. The molecule has 0 spiro atoms. The normalized spacial score (nSPS) is 14.2. The van der Waals surface area contributed by atoms with Gasteiger partial charge in [-0.1, -0.05) is 49.9 Å². The molecule has 2 atom stereocenters. The average molecular weight is 290 g/mol. The van der Waals surface area contributed by atoms with Crippen LogP contribution in [0.1, 0.15) is 31.0 Å². The number of nitrogens with one attached hydrogen (secondary N) is 1. The van der Waals surface area contributed by atoms with Crippen molar-refractivity contribution in [2.24, 2.45) is 7.05 Å². The van der Waals surface area contributed by atoms with Gasteiger partial charge in [-0.15, -0.1) is 0 Å². The third-order valence-corrected chi connectivity index (χ3v) is 4.71. The predicted octanol–water partition coefficient (Wildman–Crippen LogP) is 2.82. The Morgan fingerprint density at radius 2 is 2.00 bits per heavy atom. The van der Waals surface area contributed by atoms with E-state index in [1.807, 2.05) is 18.8 Å². The molecule has 0 aliphatic heterocycles. The topological polar surface area (TPSA) is 42.7 Å². The highest BCUT2D eigenvalue weighted by Gasteiger charge is 2.20.